The number of nitro groups is 1. The maximum absolute atomic E-state index is 10.5. The van der Waals surface area contributed by atoms with Crippen molar-refractivity contribution in [3.63, 3.8) is 0 Å². The van der Waals surface area contributed by atoms with Crippen LogP contribution in [0.3, 0.4) is 0 Å². The Hall–Kier alpha value is -0.550. The Kier molecular flexibility index (Phi) is 3.78. The number of hydrogen-bond donors (Lipinski definition) is 1. The van der Waals surface area contributed by atoms with E-state index in [2.05, 4.69) is 0 Å². The summed E-state index contributed by atoms with van der Waals surface area (Å²) in [6.45, 7) is 0. The molecule has 15 heavy (non-hydrogen) atoms. The topological polar surface area (TPSA) is 63.4 Å². The zero-order valence-corrected chi connectivity index (χ0v) is 9.50. The molecule has 1 N–H and O–H groups in total. The Morgan fingerprint density at radius 3 is 2.47 bits per heavy atom. The summed E-state index contributed by atoms with van der Waals surface area (Å²) in [6.07, 6.45) is -1.40. The maximum Gasteiger partial charge on any atom is 0.269 e. The third-order valence-corrected chi connectivity index (χ3v) is 2.33. The van der Waals surface area contributed by atoms with E-state index in [9.17, 15) is 15.2 Å². The summed E-state index contributed by atoms with van der Waals surface area (Å²) in [4.78, 5) is 9.86. The van der Waals surface area contributed by atoms with Crippen molar-refractivity contribution in [2.24, 2.45) is 0 Å². The van der Waals surface area contributed by atoms with Crippen LogP contribution in [-0.4, -0.2) is 13.8 Å². The predicted molar refractivity (Wildman–Crippen MR) is 58.3 cm³/mol. The standard InChI is InChI=1S/C8H6Cl3NO3/c9-8(10,11)7(13)5-2-1-3-6(4-5)12(14)15/h1-4,7,13H. The molecular formula is C8H6Cl3NO3. The molecule has 0 aliphatic heterocycles. The molecule has 0 fully saturated rings. The third kappa shape index (κ3) is 3.21. The Balaban J connectivity index is 3.06. The van der Waals surface area contributed by atoms with Gasteiger partial charge in [0.05, 0.1) is 4.92 Å². The first-order valence-corrected chi connectivity index (χ1v) is 4.95. The van der Waals surface area contributed by atoms with Crippen molar-refractivity contribution in [1.29, 1.82) is 0 Å². The van der Waals surface area contributed by atoms with Crippen molar-refractivity contribution in [1.82, 2.24) is 0 Å². The monoisotopic (exact) mass is 269 g/mol. The highest BCUT2D eigenvalue weighted by molar-refractivity contribution is 6.68. The molecule has 1 rings (SSSR count). The predicted octanol–water partition coefficient (Wildman–Crippen LogP) is 3.00. The Morgan fingerprint density at radius 2 is 2.00 bits per heavy atom. The molecular weight excluding hydrogens is 264 g/mol. The van der Waals surface area contributed by atoms with E-state index in [0.717, 1.165) is 6.07 Å². The number of aliphatic hydroxyl groups excluding tert-OH is 1. The van der Waals surface area contributed by atoms with E-state index in [-0.39, 0.29) is 11.3 Å². The van der Waals surface area contributed by atoms with Gasteiger partial charge >= 0.3 is 0 Å². The van der Waals surface area contributed by atoms with Crippen LogP contribution in [0.4, 0.5) is 5.69 Å². The number of nitrogens with zero attached hydrogens (tertiary/aromatic N) is 1. The maximum atomic E-state index is 10.5. The highest BCUT2D eigenvalue weighted by Crippen LogP contribution is 2.40. The van der Waals surface area contributed by atoms with Crippen molar-refractivity contribution in [2.45, 2.75) is 9.90 Å². The summed E-state index contributed by atoms with van der Waals surface area (Å²) >= 11 is 16.4. The molecule has 0 spiro atoms. The van der Waals surface area contributed by atoms with Crippen LogP contribution in [0.15, 0.2) is 24.3 Å². The number of rotatable bonds is 2. The first kappa shape index (κ1) is 12.5. The average molecular weight is 270 g/mol. The lowest BCUT2D eigenvalue weighted by atomic mass is 10.1. The minimum absolute atomic E-state index is 0.166. The van der Waals surface area contributed by atoms with Gasteiger partial charge in [-0.25, -0.2) is 0 Å². The molecule has 4 nitrogen and oxygen atoms in total. The van der Waals surface area contributed by atoms with E-state index >= 15 is 0 Å². The summed E-state index contributed by atoms with van der Waals surface area (Å²) in [6, 6.07) is 5.30. The van der Waals surface area contributed by atoms with Gasteiger partial charge in [0.15, 0.2) is 0 Å². The van der Waals surface area contributed by atoms with E-state index < -0.39 is 14.8 Å². The fraction of sp³-hybridized carbons (Fsp3) is 0.250. The molecule has 0 aliphatic rings. The summed E-state index contributed by atoms with van der Waals surface area (Å²) in [5, 5.41) is 20.0. The largest absolute Gasteiger partial charge is 0.384 e. The van der Waals surface area contributed by atoms with Crippen LogP contribution in [0.5, 0.6) is 0 Å². The van der Waals surface area contributed by atoms with E-state index in [1.165, 1.54) is 18.2 Å². The van der Waals surface area contributed by atoms with Crippen LogP contribution in [0.2, 0.25) is 0 Å². The molecule has 1 aromatic rings. The highest BCUT2D eigenvalue weighted by atomic mass is 35.6. The number of halogens is 3. The smallest absolute Gasteiger partial charge is 0.269 e. The highest BCUT2D eigenvalue weighted by Gasteiger charge is 2.32. The van der Waals surface area contributed by atoms with Gasteiger partial charge in [0.1, 0.15) is 6.10 Å². The van der Waals surface area contributed by atoms with Crippen molar-refractivity contribution in [3.05, 3.63) is 39.9 Å². The quantitative estimate of drug-likeness (QED) is 0.510. The van der Waals surface area contributed by atoms with Gasteiger partial charge in [-0.05, 0) is 5.56 Å². The van der Waals surface area contributed by atoms with Gasteiger partial charge < -0.3 is 5.11 Å². The summed E-state index contributed by atoms with van der Waals surface area (Å²) in [5.74, 6) is 0. The molecule has 82 valence electrons. The van der Waals surface area contributed by atoms with Gasteiger partial charge in [-0.3, -0.25) is 10.1 Å². The van der Waals surface area contributed by atoms with Gasteiger partial charge in [0.2, 0.25) is 3.79 Å². The minimum atomic E-state index is -1.91. The lowest BCUT2D eigenvalue weighted by molar-refractivity contribution is -0.385. The van der Waals surface area contributed by atoms with Gasteiger partial charge in [-0.1, -0.05) is 46.9 Å². The SMILES string of the molecule is O=[N+]([O-])c1cccc(C(O)C(Cl)(Cl)Cl)c1. The molecule has 0 saturated heterocycles. The van der Waals surface area contributed by atoms with Gasteiger partial charge in [-0.15, -0.1) is 0 Å². The number of hydrogen-bond acceptors (Lipinski definition) is 3. The van der Waals surface area contributed by atoms with E-state index in [1.807, 2.05) is 0 Å². The number of nitro benzene ring substituents is 1. The minimum Gasteiger partial charge on any atom is -0.384 e. The molecule has 0 aromatic heterocycles. The first-order chi connectivity index (χ1) is 6.82. The molecule has 0 aliphatic carbocycles. The molecule has 7 heteroatoms. The molecule has 0 saturated carbocycles. The van der Waals surface area contributed by atoms with Gasteiger partial charge in [0, 0.05) is 12.1 Å². The molecule has 1 aromatic carbocycles. The molecule has 0 heterocycles. The second-order valence-electron chi connectivity index (χ2n) is 2.80. The normalized spacial score (nSPS) is 13.6. The second-order valence-corrected chi connectivity index (χ2v) is 5.17. The summed E-state index contributed by atoms with van der Waals surface area (Å²) < 4.78 is -1.91. The van der Waals surface area contributed by atoms with Crippen LogP contribution in [0.25, 0.3) is 0 Å². The lowest BCUT2D eigenvalue weighted by Crippen LogP contribution is -2.16. The summed E-state index contributed by atoms with van der Waals surface area (Å²) in [7, 11) is 0. The van der Waals surface area contributed by atoms with E-state index in [4.69, 9.17) is 34.8 Å². The molecule has 1 atom stereocenters. The Morgan fingerprint density at radius 1 is 1.40 bits per heavy atom. The molecule has 0 radical (unpaired) electrons. The van der Waals surface area contributed by atoms with Gasteiger partial charge in [0.25, 0.3) is 5.69 Å². The molecule has 0 amide bonds. The van der Waals surface area contributed by atoms with Crippen molar-refractivity contribution < 1.29 is 10.0 Å². The van der Waals surface area contributed by atoms with Crippen molar-refractivity contribution >= 4 is 40.5 Å². The van der Waals surface area contributed by atoms with Crippen LogP contribution in [-0.2, 0) is 0 Å². The number of benzene rings is 1. The Bertz CT molecular complexity index is 378. The first-order valence-electron chi connectivity index (χ1n) is 3.81. The van der Waals surface area contributed by atoms with Crippen molar-refractivity contribution in [2.75, 3.05) is 0 Å². The summed E-state index contributed by atoms with van der Waals surface area (Å²) in [5.41, 5.74) is 0.0185. The Labute approximate surface area is 101 Å². The average Bonchev–Trinajstić information content (AvgIpc) is 2.15. The van der Waals surface area contributed by atoms with E-state index in [1.54, 1.807) is 0 Å². The van der Waals surface area contributed by atoms with Crippen LogP contribution >= 0.6 is 34.8 Å². The van der Waals surface area contributed by atoms with Gasteiger partial charge in [-0.2, -0.15) is 0 Å². The fourth-order valence-electron chi connectivity index (χ4n) is 0.997. The number of non-ortho nitro benzene ring substituents is 1. The number of aliphatic hydroxyl groups is 1. The fourth-order valence-corrected chi connectivity index (χ4v) is 1.38. The second kappa shape index (κ2) is 4.53. The zero-order valence-electron chi connectivity index (χ0n) is 7.23. The number of alkyl halides is 3. The third-order valence-electron chi connectivity index (χ3n) is 1.71. The lowest BCUT2D eigenvalue weighted by Gasteiger charge is -2.18. The molecule has 0 bridgehead atoms. The van der Waals surface area contributed by atoms with Crippen LogP contribution in [0.1, 0.15) is 11.7 Å². The van der Waals surface area contributed by atoms with Crippen LogP contribution < -0.4 is 0 Å². The van der Waals surface area contributed by atoms with E-state index in [0.29, 0.717) is 0 Å². The zero-order chi connectivity index (χ0) is 11.6. The molecule has 1 unspecified atom stereocenters. The van der Waals surface area contributed by atoms with Crippen molar-refractivity contribution in [3.8, 4) is 0 Å². The van der Waals surface area contributed by atoms with Crippen LogP contribution in [0, 0.1) is 10.1 Å².